The van der Waals surface area contributed by atoms with E-state index in [-0.39, 0.29) is 17.2 Å². The van der Waals surface area contributed by atoms with E-state index in [2.05, 4.69) is 10.3 Å². The largest absolute Gasteiger partial charge is 0.457 e. The molecule has 0 atom stereocenters. The minimum absolute atomic E-state index is 0.0132. The SMILES string of the molecule is [2H]c1c([2H])c(NC(=O)Nc2ccc(Oc3ccnc(C(=O)NC)c3)cc2F)c([2H])c(C(F)(F)F)c1Cl. The molecule has 12 heteroatoms. The van der Waals surface area contributed by atoms with Crippen molar-refractivity contribution < 1.29 is 36.0 Å². The summed E-state index contributed by atoms with van der Waals surface area (Å²) in [6, 6.07) is 1.42. The molecule has 1 aromatic heterocycles. The number of benzene rings is 2. The van der Waals surface area contributed by atoms with Crippen LogP contribution in [0, 0.1) is 5.82 Å². The number of nitrogens with zero attached hydrogens (tertiary/aromatic N) is 1. The van der Waals surface area contributed by atoms with Gasteiger partial charge in [-0.15, -0.1) is 0 Å². The molecule has 0 unspecified atom stereocenters. The highest BCUT2D eigenvalue weighted by Crippen LogP contribution is 2.36. The third-order valence-corrected chi connectivity index (χ3v) is 4.19. The maximum absolute atomic E-state index is 14.5. The van der Waals surface area contributed by atoms with Crippen molar-refractivity contribution in [2.75, 3.05) is 17.7 Å². The summed E-state index contributed by atoms with van der Waals surface area (Å²) in [5, 5.41) is 5.14. The van der Waals surface area contributed by atoms with Crippen LogP contribution in [-0.4, -0.2) is 24.0 Å². The highest BCUT2D eigenvalue weighted by atomic mass is 35.5. The second-order valence-corrected chi connectivity index (χ2v) is 6.59. The van der Waals surface area contributed by atoms with Crippen LogP contribution in [0.15, 0.2) is 54.7 Å². The van der Waals surface area contributed by atoms with Gasteiger partial charge >= 0.3 is 12.2 Å². The van der Waals surface area contributed by atoms with Crippen molar-refractivity contribution in [1.82, 2.24) is 10.3 Å². The van der Waals surface area contributed by atoms with E-state index >= 15 is 0 Å². The van der Waals surface area contributed by atoms with Gasteiger partial charge in [-0.3, -0.25) is 9.78 Å². The molecule has 3 N–H and O–H groups in total. The third-order valence-electron chi connectivity index (χ3n) is 3.90. The number of carbonyl (C=O) groups is 2. The molecule has 3 amide bonds. The van der Waals surface area contributed by atoms with Crippen LogP contribution in [0.3, 0.4) is 0 Å². The van der Waals surface area contributed by atoms with Crippen LogP contribution in [0.5, 0.6) is 11.5 Å². The number of nitrogens with one attached hydrogen (secondary N) is 3. The Morgan fingerprint density at radius 1 is 1.12 bits per heavy atom. The first-order valence-corrected chi connectivity index (χ1v) is 9.31. The molecule has 0 aliphatic rings. The van der Waals surface area contributed by atoms with E-state index in [0.717, 1.165) is 12.1 Å². The van der Waals surface area contributed by atoms with Gasteiger partial charge in [-0.1, -0.05) is 11.6 Å². The Morgan fingerprint density at radius 3 is 2.52 bits per heavy atom. The van der Waals surface area contributed by atoms with E-state index in [9.17, 15) is 27.2 Å². The summed E-state index contributed by atoms with van der Waals surface area (Å²) >= 11 is 5.49. The molecule has 3 aromatic rings. The minimum atomic E-state index is -5.12. The van der Waals surface area contributed by atoms with Gasteiger partial charge in [-0.25, -0.2) is 9.18 Å². The van der Waals surface area contributed by atoms with Crippen LogP contribution >= 0.6 is 11.6 Å². The molecule has 1 heterocycles. The van der Waals surface area contributed by atoms with Crippen molar-refractivity contribution in [1.29, 1.82) is 0 Å². The number of halogens is 5. The number of rotatable bonds is 5. The number of ether oxygens (including phenoxy) is 1. The van der Waals surface area contributed by atoms with Gasteiger partial charge in [-0.2, -0.15) is 13.2 Å². The Morgan fingerprint density at radius 2 is 1.85 bits per heavy atom. The Hall–Kier alpha value is -3.86. The lowest BCUT2D eigenvalue weighted by atomic mass is 10.2. The molecule has 0 aliphatic carbocycles. The summed E-state index contributed by atoms with van der Waals surface area (Å²) in [5.41, 5.74) is -2.97. The average Bonchev–Trinajstić information content (AvgIpc) is 2.81. The molecule has 0 spiro atoms. The number of pyridine rings is 1. The first-order chi connectivity index (χ1) is 16.8. The van der Waals surface area contributed by atoms with E-state index in [1.54, 1.807) is 0 Å². The summed E-state index contributed by atoms with van der Waals surface area (Å²) in [7, 11) is 1.42. The van der Waals surface area contributed by atoms with Gasteiger partial charge in [0.05, 0.1) is 20.4 Å². The molecule has 7 nitrogen and oxygen atoms in total. The Balaban J connectivity index is 1.79. The van der Waals surface area contributed by atoms with Crippen LogP contribution < -0.4 is 20.7 Å². The van der Waals surface area contributed by atoms with Crippen LogP contribution in [0.4, 0.5) is 33.7 Å². The monoisotopic (exact) mass is 485 g/mol. The number of hydrogen-bond acceptors (Lipinski definition) is 4. The second-order valence-electron chi connectivity index (χ2n) is 6.22. The van der Waals surface area contributed by atoms with E-state index in [4.69, 9.17) is 20.5 Å². The zero-order chi connectivity index (χ0) is 26.8. The summed E-state index contributed by atoms with van der Waals surface area (Å²) in [5.74, 6) is -1.30. The average molecular weight is 486 g/mol. The fourth-order valence-corrected chi connectivity index (χ4v) is 2.64. The maximum atomic E-state index is 14.5. The lowest BCUT2D eigenvalue weighted by Gasteiger charge is -2.13. The van der Waals surface area contributed by atoms with Gasteiger partial charge in [0.25, 0.3) is 5.91 Å². The molecule has 0 fully saturated rings. The summed E-state index contributed by atoms with van der Waals surface area (Å²) < 4.78 is 82.8. The van der Waals surface area contributed by atoms with Gasteiger partial charge in [0, 0.05) is 31.1 Å². The van der Waals surface area contributed by atoms with Gasteiger partial charge in [0.1, 0.15) is 23.0 Å². The molecular formula is C21H15ClF4N4O3. The summed E-state index contributed by atoms with van der Waals surface area (Å²) in [6.07, 6.45) is -3.82. The van der Waals surface area contributed by atoms with Gasteiger partial charge in [0.15, 0.2) is 0 Å². The van der Waals surface area contributed by atoms with Crippen molar-refractivity contribution in [3.63, 3.8) is 0 Å². The minimum Gasteiger partial charge on any atom is -0.457 e. The Bertz CT molecular complexity index is 1360. The summed E-state index contributed by atoms with van der Waals surface area (Å²) in [6.45, 7) is 0. The first kappa shape index (κ1) is 19.8. The lowest BCUT2D eigenvalue weighted by Crippen LogP contribution is -2.20. The highest BCUT2D eigenvalue weighted by Gasteiger charge is 2.33. The lowest BCUT2D eigenvalue weighted by molar-refractivity contribution is -0.137. The second kappa shape index (κ2) is 9.74. The Kier molecular flexibility index (Phi) is 5.84. The number of urea groups is 1. The fraction of sp³-hybridized carbons (Fsp3) is 0.0952. The summed E-state index contributed by atoms with van der Waals surface area (Å²) in [4.78, 5) is 27.8. The number of carbonyl (C=O) groups excluding carboxylic acids is 2. The van der Waals surface area contributed by atoms with Gasteiger partial charge < -0.3 is 20.7 Å². The van der Waals surface area contributed by atoms with E-state index in [1.807, 2.05) is 10.6 Å². The van der Waals surface area contributed by atoms with Gasteiger partial charge in [-0.05, 0) is 36.3 Å². The van der Waals surface area contributed by atoms with Crippen molar-refractivity contribution in [3.8, 4) is 11.5 Å². The third kappa shape index (κ3) is 6.10. The van der Waals surface area contributed by atoms with Crippen LogP contribution in [0.2, 0.25) is 5.02 Å². The number of aromatic nitrogens is 1. The number of anilines is 2. The molecular weight excluding hydrogens is 468 g/mol. The normalized spacial score (nSPS) is 12.2. The van der Waals surface area contributed by atoms with Crippen molar-refractivity contribution in [3.05, 3.63) is 76.8 Å². The molecule has 2 aromatic carbocycles. The Labute approximate surface area is 193 Å². The number of hydrogen-bond donors (Lipinski definition) is 3. The molecule has 33 heavy (non-hydrogen) atoms. The zero-order valence-corrected chi connectivity index (χ0v) is 17.3. The molecule has 0 saturated heterocycles. The van der Waals surface area contributed by atoms with Crippen molar-refractivity contribution >= 4 is 34.9 Å². The number of alkyl halides is 3. The predicted octanol–water partition coefficient (Wildman–Crippen LogP) is 5.69. The fourth-order valence-electron chi connectivity index (χ4n) is 2.44. The predicted molar refractivity (Wildman–Crippen MR) is 113 cm³/mol. The zero-order valence-electron chi connectivity index (χ0n) is 19.5. The molecule has 0 aliphatic heterocycles. The first-order valence-electron chi connectivity index (χ1n) is 10.4. The van der Waals surface area contributed by atoms with E-state index < -0.39 is 64.0 Å². The smallest absolute Gasteiger partial charge is 0.417 e. The standard InChI is InChI=1S/C21H15ClF4N4O3/c1-27-19(31)18-10-13(6-7-28-18)33-12-3-5-17(16(23)9-12)30-20(32)29-11-2-4-15(22)14(8-11)21(24,25)26/h2-10H,1H3,(H,27,31)(H2,29,30,32)/i2D,4D,8D. The molecule has 0 bridgehead atoms. The quantitative estimate of drug-likeness (QED) is 0.405. The van der Waals surface area contributed by atoms with Crippen molar-refractivity contribution in [2.24, 2.45) is 0 Å². The van der Waals surface area contributed by atoms with Gasteiger partial charge in [0.2, 0.25) is 0 Å². The number of amides is 3. The topological polar surface area (TPSA) is 92.3 Å². The van der Waals surface area contributed by atoms with Crippen LogP contribution in [-0.2, 0) is 6.18 Å². The maximum Gasteiger partial charge on any atom is 0.417 e. The van der Waals surface area contributed by atoms with Crippen molar-refractivity contribution in [2.45, 2.75) is 6.18 Å². The van der Waals surface area contributed by atoms with E-state index in [1.165, 1.54) is 31.4 Å². The highest BCUT2D eigenvalue weighted by molar-refractivity contribution is 6.31. The molecule has 3 rings (SSSR count). The van der Waals surface area contributed by atoms with Crippen LogP contribution in [0.1, 0.15) is 20.2 Å². The molecule has 0 radical (unpaired) electrons. The van der Waals surface area contributed by atoms with Crippen LogP contribution in [0.25, 0.3) is 0 Å². The van der Waals surface area contributed by atoms with E-state index in [0.29, 0.717) is 0 Å². The molecule has 172 valence electrons. The molecule has 0 saturated carbocycles.